The van der Waals surface area contributed by atoms with Crippen molar-refractivity contribution >= 4 is 29.5 Å². The smallest absolute Gasteiger partial charge is 0.243 e. The van der Waals surface area contributed by atoms with E-state index in [1.54, 1.807) is 0 Å². The number of nitrogens with one attached hydrogen (secondary N) is 4. The van der Waals surface area contributed by atoms with Crippen LogP contribution in [-0.2, 0) is 30.4 Å². The molecule has 1 saturated heterocycles. The third-order valence-electron chi connectivity index (χ3n) is 5.47. The van der Waals surface area contributed by atoms with Crippen LogP contribution in [0.25, 0.3) is 0 Å². The SMILES string of the molecule is CC(C)C[C@H](NC(=O)[C@@H]1CCC(=O)N1)C(=O)N[C@@H](CC(N)=O)C(=O)NCCCc1ccccc1. The van der Waals surface area contributed by atoms with Gasteiger partial charge >= 0.3 is 0 Å². The van der Waals surface area contributed by atoms with E-state index in [1.165, 1.54) is 0 Å². The average molecular weight is 474 g/mol. The maximum Gasteiger partial charge on any atom is 0.243 e. The Morgan fingerprint density at radius 3 is 2.35 bits per heavy atom. The van der Waals surface area contributed by atoms with Gasteiger partial charge in [0.1, 0.15) is 18.1 Å². The van der Waals surface area contributed by atoms with Gasteiger partial charge in [-0.25, -0.2) is 0 Å². The van der Waals surface area contributed by atoms with Crippen molar-refractivity contribution in [3.05, 3.63) is 35.9 Å². The normalized spacial score (nSPS) is 16.9. The summed E-state index contributed by atoms with van der Waals surface area (Å²) in [6.07, 6.45) is 2.03. The summed E-state index contributed by atoms with van der Waals surface area (Å²) in [7, 11) is 0. The molecule has 0 aromatic heterocycles. The summed E-state index contributed by atoms with van der Waals surface area (Å²) in [5.41, 5.74) is 6.43. The first-order valence-electron chi connectivity index (χ1n) is 11.7. The monoisotopic (exact) mass is 473 g/mol. The minimum atomic E-state index is -1.15. The Morgan fingerprint density at radius 2 is 1.76 bits per heavy atom. The van der Waals surface area contributed by atoms with E-state index in [0.29, 0.717) is 25.8 Å². The molecule has 6 N–H and O–H groups in total. The number of aryl methyl sites for hydroxylation is 1. The topological polar surface area (TPSA) is 159 Å². The Hall–Kier alpha value is -3.43. The van der Waals surface area contributed by atoms with E-state index in [0.717, 1.165) is 12.0 Å². The number of carbonyl (C=O) groups is 5. The van der Waals surface area contributed by atoms with Crippen LogP contribution < -0.4 is 27.0 Å². The third-order valence-corrected chi connectivity index (χ3v) is 5.47. The highest BCUT2D eigenvalue weighted by Crippen LogP contribution is 2.10. The van der Waals surface area contributed by atoms with Crippen LogP contribution in [0.1, 0.15) is 51.5 Å². The van der Waals surface area contributed by atoms with E-state index in [-0.39, 0.29) is 24.7 Å². The Morgan fingerprint density at radius 1 is 1.06 bits per heavy atom. The van der Waals surface area contributed by atoms with Crippen molar-refractivity contribution in [3.63, 3.8) is 0 Å². The highest BCUT2D eigenvalue weighted by Gasteiger charge is 2.32. The molecule has 1 heterocycles. The molecule has 10 nitrogen and oxygen atoms in total. The summed E-state index contributed by atoms with van der Waals surface area (Å²) in [5.74, 6) is -2.44. The van der Waals surface area contributed by atoms with Gasteiger partial charge in [-0.15, -0.1) is 0 Å². The number of amides is 5. The lowest BCUT2D eigenvalue weighted by atomic mass is 10.0. The van der Waals surface area contributed by atoms with Gasteiger partial charge in [-0.2, -0.15) is 0 Å². The standard InChI is InChI=1S/C24H35N5O5/c1-15(2)13-18(28-23(33)17-10-11-21(31)27-17)24(34)29-19(14-20(25)30)22(32)26-12-6-9-16-7-4-3-5-8-16/h3-5,7-8,15,17-19H,6,9-14H2,1-2H3,(H2,25,30)(H,26,32)(H,27,31)(H,28,33)(H,29,34)/t17-,18-,19-/m0/s1. The van der Waals surface area contributed by atoms with Crippen molar-refractivity contribution in [3.8, 4) is 0 Å². The van der Waals surface area contributed by atoms with Crippen molar-refractivity contribution in [1.82, 2.24) is 21.3 Å². The number of carbonyl (C=O) groups excluding carboxylic acids is 5. The lowest BCUT2D eigenvalue weighted by Crippen LogP contribution is -2.56. The van der Waals surface area contributed by atoms with E-state index in [1.807, 2.05) is 44.2 Å². The first-order chi connectivity index (χ1) is 16.2. The van der Waals surface area contributed by atoms with Gasteiger partial charge in [-0.3, -0.25) is 24.0 Å². The van der Waals surface area contributed by atoms with Crippen LogP contribution in [0.2, 0.25) is 0 Å². The van der Waals surface area contributed by atoms with Crippen LogP contribution in [0.3, 0.4) is 0 Å². The Bertz CT molecular complexity index is 874. The first-order valence-corrected chi connectivity index (χ1v) is 11.7. The zero-order chi connectivity index (χ0) is 25.1. The molecule has 3 atom stereocenters. The van der Waals surface area contributed by atoms with Gasteiger partial charge in [0, 0.05) is 13.0 Å². The average Bonchev–Trinajstić information content (AvgIpc) is 3.22. The van der Waals surface area contributed by atoms with Crippen molar-refractivity contribution in [2.45, 2.75) is 70.5 Å². The van der Waals surface area contributed by atoms with Crippen LogP contribution in [0.4, 0.5) is 0 Å². The molecule has 0 unspecified atom stereocenters. The number of hydrogen-bond donors (Lipinski definition) is 5. The van der Waals surface area contributed by atoms with Crippen LogP contribution in [0, 0.1) is 5.92 Å². The molecule has 186 valence electrons. The van der Waals surface area contributed by atoms with Gasteiger partial charge in [0.25, 0.3) is 0 Å². The maximum absolute atomic E-state index is 13.0. The van der Waals surface area contributed by atoms with Crippen LogP contribution in [0.5, 0.6) is 0 Å². The minimum Gasteiger partial charge on any atom is -0.370 e. The summed E-state index contributed by atoms with van der Waals surface area (Å²) in [6, 6.07) is 7.05. The molecular weight excluding hydrogens is 438 g/mol. The quantitative estimate of drug-likeness (QED) is 0.253. The molecule has 1 aliphatic heterocycles. The molecule has 1 fully saturated rings. The first kappa shape index (κ1) is 26.8. The van der Waals surface area contributed by atoms with Crippen molar-refractivity contribution in [2.24, 2.45) is 11.7 Å². The highest BCUT2D eigenvalue weighted by atomic mass is 16.2. The maximum atomic E-state index is 13.0. The number of nitrogens with two attached hydrogens (primary N) is 1. The van der Waals surface area contributed by atoms with E-state index in [2.05, 4.69) is 21.3 Å². The van der Waals surface area contributed by atoms with Gasteiger partial charge in [0.2, 0.25) is 29.5 Å². The van der Waals surface area contributed by atoms with E-state index >= 15 is 0 Å². The summed E-state index contributed by atoms with van der Waals surface area (Å²) in [4.78, 5) is 61.1. The summed E-state index contributed by atoms with van der Waals surface area (Å²) in [5, 5.41) is 10.5. The second kappa shape index (κ2) is 13.3. The Kier molecular flexibility index (Phi) is 10.5. The second-order valence-electron chi connectivity index (χ2n) is 8.96. The van der Waals surface area contributed by atoms with Crippen LogP contribution in [-0.4, -0.2) is 54.2 Å². The largest absolute Gasteiger partial charge is 0.370 e. The van der Waals surface area contributed by atoms with Gasteiger partial charge in [-0.1, -0.05) is 44.2 Å². The molecule has 0 radical (unpaired) electrons. The van der Waals surface area contributed by atoms with Gasteiger partial charge in [0.05, 0.1) is 6.42 Å². The van der Waals surface area contributed by atoms with Crippen molar-refractivity contribution in [1.29, 1.82) is 0 Å². The van der Waals surface area contributed by atoms with Gasteiger partial charge < -0.3 is 27.0 Å². The lowest BCUT2D eigenvalue weighted by Gasteiger charge is -2.24. The molecule has 0 bridgehead atoms. The minimum absolute atomic E-state index is 0.0654. The highest BCUT2D eigenvalue weighted by molar-refractivity contribution is 5.96. The molecule has 5 amide bonds. The molecular formula is C24H35N5O5. The molecule has 1 aromatic carbocycles. The lowest BCUT2D eigenvalue weighted by molar-refractivity contribution is -0.134. The second-order valence-corrected chi connectivity index (χ2v) is 8.96. The zero-order valence-corrected chi connectivity index (χ0v) is 19.8. The molecule has 10 heteroatoms. The van der Waals surface area contributed by atoms with E-state index in [4.69, 9.17) is 5.73 Å². The predicted octanol–water partition coefficient (Wildman–Crippen LogP) is -0.0949. The molecule has 1 aliphatic rings. The number of benzene rings is 1. The van der Waals surface area contributed by atoms with Crippen molar-refractivity contribution in [2.75, 3.05) is 6.54 Å². The Labute approximate surface area is 199 Å². The third kappa shape index (κ3) is 9.21. The fraction of sp³-hybridized carbons (Fsp3) is 0.542. The van der Waals surface area contributed by atoms with Gasteiger partial charge in [0.15, 0.2) is 0 Å². The fourth-order valence-corrected chi connectivity index (χ4v) is 3.74. The molecule has 2 rings (SSSR count). The molecule has 0 saturated carbocycles. The molecule has 0 aliphatic carbocycles. The molecule has 1 aromatic rings. The predicted molar refractivity (Wildman–Crippen MR) is 126 cm³/mol. The molecule has 34 heavy (non-hydrogen) atoms. The summed E-state index contributed by atoms with van der Waals surface area (Å²) < 4.78 is 0. The zero-order valence-electron chi connectivity index (χ0n) is 19.8. The number of rotatable bonds is 13. The molecule has 0 spiro atoms. The van der Waals surface area contributed by atoms with Crippen LogP contribution in [0.15, 0.2) is 30.3 Å². The summed E-state index contributed by atoms with van der Waals surface area (Å²) >= 11 is 0. The number of primary amides is 1. The number of hydrogen-bond acceptors (Lipinski definition) is 5. The van der Waals surface area contributed by atoms with Crippen molar-refractivity contribution < 1.29 is 24.0 Å². The van der Waals surface area contributed by atoms with E-state index in [9.17, 15) is 24.0 Å². The summed E-state index contributed by atoms with van der Waals surface area (Å²) in [6.45, 7) is 4.15. The Balaban J connectivity index is 1.94. The van der Waals surface area contributed by atoms with Crippen LogP contribution >= 0.6 is 0 Å². The fourth-order valence-electron chi connectivity index (χ4n) is 3.74. The van der Waals surface area contributed by atoms with E-state index < -0.39 is 41.8 Å². The van der Waals surface area contributed by atoms with Gasteiger partial charge in [-0.05, 0) is 37.2 Å².